The smallest absolute Gasteiger partial charge is 0.247 e. The lowest BCUT2D eigenvalue weighted by Crippen LogP contribution is -2.54. The summed E-state index contributed by atoms with van der Waals surface area (Å²) in [5.41, 5.74) is 1.75. The van der Waals surface area contributed by atoms with Crippen LogP contribution in [0.1, 0.15) is 63.0 Å². The Labute approximate surface area is 277 Å². The van der Waals surface area contributed by atoms with Gasteiger partial charge in [-0.2, -0.15) is 0 Å². The quantitative estimate of drug-likeness (QED) is 0.149. The molecule has 4 rings (SSSR count). The minimum atomic E-state index is -1.20. The number of fused-ring (bicyclic) bond motifs is 1. The number of hydrogen-bond donors (Lipinski definition) is 4. The van der Waals surface area contributed by atoms with Crippen LogP contribution in [0.3, 0.4) is 0 Å². The number of amides is 2. The van der Waals surface area contributed by atoms with E-state index >= 15 is 0 Å². The van der Waals surface area contributed by atoms with Gasteiger partial charge in [-0.3, -0.25) is 9.59 Å². The van der Waals surface area contributed by atoms with Crippen LogP contribution in [0.4, 0.5) is 0 Å². The van der Waals surface area contributed by atoms with Crippen molar-refractivity contribution in [3.63, 3.8) is 0 Å². The molecule has 45 heavy (non-hydrogen) atoms. The number of aliphatic hydroxyl groups excluding tert-OH is 3. The topological polar surface area (TPSA) is 147 Å². The van der Waals surface area contributed by atoms with E-state index < -0.39 is 24.2 Å². The van der Waals surface area contributed by atoms with Crippen molar-refractivity contribution in [3.8, 4) is 23.0 Å². The van der Waals surface area contributed by atoms with Crippen molar-refractivity contribution in [2.45, 2.75) is 83.3 Å². The fourth-order valence-electron chi connectivity index (χ4n) is 5.54. The van der Waals surface area contributed by atoms with Crippen molar-refractivity contribution in [2.24, 2.45) is 0 Å². The highest BCUT2D eigenvalue weighted by Crippen LogP contribution is 2.38. The van der Waals surface area contributed by atoms with Crippen LogP contribution in [0, 0.1) is 3.57 Å². The van der Waals surface area contributed by atoms with Crippen LogP contribution >= 0.6 is 22.6 Å². The van der Waals surface area contributed by atoms with Gasteiger partial charge in [-0.05, 0) is 70.5 Å². The van der Waals surface area contributed by atoms with Crippen molar-refractivity contribution >= 4 is 34.4 Å². The van der Waals surface area contributed by atoms with Gasteiger partial charge < -0.3 is 44.5 Å². The summed E-state index contributed by atoms with van der Waals surface area (Å²) in [6.45, 7) is 2.08. The Bertz CT molecular complexity index is 1350. The Balaban J connectivity index is 1.68. The first kappa shape index (κ1) is 34.8. The fourth-order valence-corrected chi connectivity index (χ4v) is 6.34. The molecule has 3 atom stereocenters. The Morgan fingerprint density at radius 2 is 1.84 bits per heavy atom. The molecule has 0 fully saturated rings. The number of methoxy groups -OCH3 is 1. The fraction of sp³-hybridized carbons (Fsp3) is 0.515. The molecule has 0 saturated heterocycles. The van der Waals surface area contributed by atoms with E-state index in [0.717, 1.165) is 31.2 Å². The van der Waals surface area contributed by atoms with E-state index in [1.807, 2.05) is 12.1 Å². The summed E-state index contributed by atoms with van der Waals surface area (Å²) in [6, 6.07) is 8.08. The summed E-state index contributed by atoms with van der Waals surface area (Å²) < 4.78 is 23.6. The maximum Gasteiger partial charge on any atom is 0.247 e. The standard InChI is InChI=1S/C33H43IN2O9/c1-3-4-5-6-7-8-30(39)36(18-21-9-10-26-27(14-21)44-20-43-26)25-16-23(33(41)35-11-12-37)17-28(31(25)40)45-32-24(34)13-22(19-38)15-29(32)42-2/h9-10,13-15,17,25,28,31,37-38,40H,3-8,11-12,16,18-20H2,1-2H3,(H,35,41)/t25-,28+,31+/m1/s1. The molecule has 2 aliphatic rings. The van der Waals surface area contributed by atoms with Crippen LogP contribution in [0.2, 0.25) is 0 Å². The van der Waals surface area contributed by atoms with Gasteiger partial charge in [0.15, 0.2) is 23.0 Å². The zero-order valence-corrected chi connectivity index (χ0v) is 28.0. The highest BCUT2D eigenvalue weighted by Gasteiger charge is 2.41. The van der Waals surface area contributed by atoms with E-state index in [-0.39, 0.29) is 45.4 Å². The molecule has 12 heteroatoms. The molecule has 0 bridgehead atoms. The number of nitrogens with zero attached hydrogens (tertiary/aromatic N) is 1. The van der Waals surface area contributed by atoms with Crippen LogP contribution in [0.15, 0.2) is 42.0 Å². The maximum absolute atomic E-state index is 13.9. The average Bonchev–Trinajstić information content (AvgIpc) is 3.52. The molecule has 0 radical (unpaired) electrons. The first-order valence-corrected chi connectivity index (χ1v) is 16.5. The van der Waals surface area contributed by atoms with Gasteiger partial charge in [-0.1, -0.05) is 38.7 Å². The second-order valence-corrected chi connectivity index (χ2v) is 12.3. The minimum absolute atomic E-state index is 0.0564. The van der Waals surface area contributed by atoms with Crippen LogP contribution < -0.4 is 24.3 Å². The second kappa shape index (κ2) is 17.0. The van der Waals surface area contributed by atoms with Gasteiger partial charge >= 0.3 is 0 Å². The number of benzene rings is 2. The van der Waals surface area contributed by atoms with Crippen molar-refractivity contribution < 1.29 is 43.9 Å². The van der Waals surface area contributed by atoms with Gasteiger partial charge in [-0.15, -0.1) is 0 Å². The third-order valence-electron chi connectivity index (χ3n) is 7.94. The van der Waals surface area contributed by atoms with Gasteiger partial charge in [0.25, 0.3) is 0 Å². The summed E-state index contributed by atoms with van der Waals surface area (Å²) >= 11 is 2.07. The number of hydrogen-bond acceptors (Lipinski definition) is 9. The SMILES string of the molecule is CCCCCCCC(=O)N(Cc1ccc2c(c1)OCO2)[C@@H]1CC(C(=O)NCCO)=C[C@H](Oc2c(I)cc(CO)cc2OC)[C@H]1O. The minimum Gasteiger partial charge on any atom is -0.493 e. The molecular formula is C33H43IN2O9. The summed E-state index contributed by atoms with van der Waals surface area (Å²) in [7, 11) is 1.48. The molecule has 1 aliphatic carbocycles. The lowest BCUT2D eigenvalue weighted by Gasteiger charge is -2.41. The molecular weight excluding hydrogens is 695 g/mol. The Kier molecular flexibility index (Phi) is 13.2. The van der Waals surface area contributed by atoms with Crippen molar-refractivity contribution in [1.82, 2.24) is 10.2 Å². The summed E-state index contributed by atoms with van der Waals surface area (Å²) in [6.07, 6.45) is 4.62. The van der Waals surface area contributed by atoms with Gasteiger partial charge in [0.2, 0.25) is 18.6 Å². The molecule has 2 aromatic rings. The van der Waals surface area contributed by atoms with E-state index in [2.05, 4.69) is 34.8 Å². The van der Waals surface area contributed by atoms with E-state index in [9.17, 15) is 24.9 Å². The molecule has 1 heterocycles. The van der Waals surface area contributed by atoms with Gasteiger partial charge in [0.1, 0.15) is 12.2 Å². The van der Waals surface area contributed by atoms with E-state index in [1.54, 1.807) is 29.2 Å². The predicted molar refractivity (Wildman–Crippen MR) is 175 cm³/mol. The number of carbonyl (C=O) groups excluding carboxylic acids is 2. The second-order valence-electron chi connectivity index (χ2n) is 11.2. The molecule has 246 valence electrons. The Hall–Kier alpha value is -3.07. The zero-order chi connectivity index (χ0) is 32.3. The summed E-state index contributed by atoms with van der Waals surface area (Å²) in [5, 5.41) is 33.5. The summed E-state index contributed by atoms with van der Waals surface area (Å²) in [4.78, 5) is 28.8. The van der Waals surface area contributed by atoms with E-state index in [0.29, 0.717) is 50.5 Å². The zero-order valence-electron chi connectivity index (χ0n) is 25.8. The molecule has 2 aromatic carbocycles. The van der Waals surface area contributed by atoms with Crippen molar-refractivity contribution in [3.05, 3.63) is 56.7 Å². The highest BCUT2D eigenvalue weighted by molar-refractivity contribution is 14.1. The molecule has 0 aromatic heterocycles. The monoisotopic (exact) mass is 738 g/mol. The lowest BCUT2D eigenvalue weighted by atomic mass is 9.87. The molecule has 11 nitrogen and oxygen atoms in total. The van der Waals surface area contributed by atoms with Crippen molar-refractivity contribution in [1.29, 1.82) is 0 Å². The molecule has 2 amide bonds. The molecule has 1 aliphatic heterocycles. The highest BCUT2D eigenvalue weighted by atomic mass is 127. The van der Waals surface area contributed by atoms with Crippen LogP contribution in [-0.4, -0.2) is 77.3 Å². The van der Waals surface area contributed by atoms with Gasteiger partial charge in [0, 0.05) is 31.5 Å². The molecule has 0 spiro atoms. The maximum atomic E-state index is 13.9. The first-order valence-electron chi connectivity index (χ1n) is 15.4. The number of ether oxygens (including phenoxy) is 4. The summed E-state index contributed by atoms with van der Waals surface area (Å²) in [5.74, 6) is 1.36. The molecule has 4 N–H and O–H groups in total. The number of rotatable bonds is 16. The van der Waals surface area contributed by atoms with E-state index in [4.69, 9.17) is 18.9 Å². The van der Waals surface area contributed by atoms with Gasteiger partial charge in [-0.25, -0.2) is 0 Å². The third kappa shape index (κ3) is 9.02. The Morgan fingerprint density at radius 1 is 1.07 bits per heavy atom. The van der Waals surface area contributed by atoms with Crippen LogP contribution in [0.25, 0.3) is 0 Å². The predicted octanol–water partition coefficient (Wildman–Crippen LogP) is 3.83. The largest absolute Gasteiger partial charge is 0.493 e. The number of aliphatic hydroxyl groups is 3. The van der Waals surface area contributed by atoms with Crippen molar-refractivity contribution in [2.75, 3.05) is 27.1 Å². The van der Waals surface area contributed by atoms with Crippen LogP contribution in [0.5, 0.6) is 23.0 Å². The number of nitrogens with one attached hydrogen (secondary N) is 1. The van der Waals surface area contributed by atoms with E-state index in [1.165, 1.54) is 7.11 Å². The number of carbonyl (C=O) groups is 2. The Morgan fingerprint density at radius 3 is 2.58 bits per heavy atom. The lowest BCUT2D eigenvalue weighted by molar-refractivity contribution is -0.139. The molecule has 0 unspecified atom stereocenters. The number of unbranched alkanes of at least 4 members (excludes halogenated alkanes) is 4. The normalized spacial score (nSPS) is 18.7. The van der Waals surface area contributed by atoms with Gasteiger partial charge in [0.05, 0.1) is 29.9 Å². The number of halogens is 1. The molecule has 0 saturated carbocycles. The first-order chi connectivity index (χ1) is 21.8. The average molecular weight is 739 g/mol. The van der Waals surface area contributed by atoms with Crippen LogP contribution in [-0.2, 0) is 22.7 Å². The third-order valence-corrected chi connectivity index (χ3v) is 8.75.